The quantitative estimate of drug-likeness (QED) is 0.862. The first kappa shape index (κ1) is 16.8. The Morgan fingerprint density at radius 3 is 2.52 bits per heavy atom. The summed E-state index contributed by atoms with van der Waals surface area (Å²) in [6, 6.07) is 0. The number of nitrogens with two attached hydrogens (primary N) is 1. The van der Waals surface area contributed by atoms with Gasteiger partial charge >= 0.3 is 0 Å². The maximum atomic E-state index is 12.7. The van der Waals surface area contributed by atoms with Gasteiger partial charge < -0.3 is 15.5 Å². The van der Waals surface area contributed by atoms with E-state index in [4.69, 9.17) is 5.73 Å². The van der Waals surface area contributed by atoms with Gasteiger partial charge in [0, 0.05) is 32.1 Å². The molecule has 4 nitrogen and oxygen atoms in total. The molecule has 1 atom stereocenters. The minimum Gasteiger partial charge on any atom is -0.341 e. The largest absolute Gasteiger partial charge is 0.341 e. The molecular weight excluding hydrogens is 262 g/mol. The van der Waals surface area contributed by atoms with Gasteiger partial charge in [0.1, 0.15) is 0 Å². The Hall–Kier alpha value is -0.610. The topological polar surface area (TPSA) is 49.6 Å². The van der Waals surface area contributed by atoms with Gasteiger partial charge in [-0.25, -0.2) is 0 Å². The van der Waals surface area contributed by atoms with Gasteiger partial charge in [-0.05, 0) is 57.0 Å². The fourth-order valence-electron chi connectivity index (χ4n) is 3.65. The molecule has 0 bridgehead atoms. The van der Waals surface area contributed by atoms with Gasteiger partial charge in [-0.2, -0.15) is 0 Å². The van der Waals surface area contributed by atoms with Crippen molar-refractivity contribution in [3.8, 4) is 0 Å². The summed E-state index contributed by atoms with van der Waals surface area (Å²) >= 11 is 0. The molecular formula is C17H33N3O. The van der Waals surface area contributed by atoms with Gasteiger partial charge in [-0.15, -0.1) is 0 Å². The molecule has 2 rings (SSSR count). The third-order valence-electron chi connectivity index (χ3n) is 5.24. The highest BCUT2D eigenvalue weighted by molar-refractivity contribution is 5.79. The Kier molecular flexibility index (Phi) is 6.49. The number of nitrogens with zero attached hydrogens (tertiary/aromatic N) is 2. The Labute approximate surface area is 130 Å². The van der Waals surface area contributed by atoms with Crippen molar-refractivity contribution in [1.29, 1.82) is 0 Å². The van der Waals surface area contributed by atoms with Crippen molar-refractivity contribution in [3.63, 3.8) is 0 Å². The molecule has 1 amide bonds. The molecule has 2 aliphatic rings. The summed E-state index contributed by atoms with van der Waals surface area (Å²) in [6.45, 7) is 10.3. The van der Waals surface area contributed by atoms with Crippen molar-refractivity contribution in [2.24, 2.45) is 23.5 Å². The van der Waals surface area contributed by atoms with Gasteiger partial charge in [-0.3, -0.25) is 4.79 Å². The molecule has 0 aromatic rings. The van der Waals surface area contributed by atoms with E-state index in [0.717, 1.165) is 64.4 Å². The lowest BCUT2D eigenvalue weighted by Crippen LogP contribution is -2.40. The van der Waals surface area contributed by atoms with Gasteiger partial charge in [0.15, 0.2) is 0 Å². The number of amides is 1. The molecule has 1 saturated heterocycles. The van der Waals surface area contributed by atoms with Crippen LogP contribution in [0.2, 0.25) is 0 Å². The van der Waals surface area contributed by atoms with Crippen LogP contribution in [-0.4, -0.2) is 55.0 Å². The first-order valence-electron chi connectivity index (χ1n) is 8.81. The average Bonchev–Trinajstić information content (AvgIpc) is 2.73. The van der Waals surface area contributed by atoms with Crippen molar-refractivity contribution in [3.05, 3.63) is 0 Å². The second-order valence-electron chi connectivity index (χ2n) is 7.28. The molecule has 1 heterocycles. The van der Waals surface area contributed by atoms with E-state index in [2.05, 4.69) is 23.6 Å². The molecule has 1 aliphatic heterocycles. The van der Waals surface area contributed by atoms with Gasteiger partial charge in [0.25, 0.3) is 0 Å². The fraction of sp³-hybridized carbons (Fsp3) is 0.941. The monoisotopic (exact) mass is 295 g/mol. The van der Waals surface area contributed by atoms with E-state index in [-0.39, 0.29) is 0 Å². The van der Waals surface area contributed by atoms with E-state index >= 15 is 0 Å². The van der Waals surface area contributed by atoms with E-state index in [9.17, 15) is 4.79 Å². The van der Waals surface area contributed by atoms with Crippen LogP contribution in [0.25, 0.3) is 0 Å². The molecule has 1 aliphatic carbocycles. The summed E-state index contributed by atoms with van der Waals surface area (Å²) in [5, 5.41) is 0. The van der Waals surface area contributed by atoms with Gasteiger partial charge in [0.2, 0.25) is 5.91 Å². The Morgan fingerprint density at radius 2 is 1.86 bits per heavy atom. The predicted molar refractivity (Wildman–Crippen MR) is 87.0 cm³/mol. The summed E-state index contributed by atoms with van der Waals surface area (Å²) in [4.78, 5) is 17.3. The van der Waals surface area contributed by atoms with Gasteiger partial charge in [0.05, 0.1) is 0 Å². The van der Waals surface area contributed by atoms with Crippen LogP contribution in [0.3, 0.4) is 0 Å². The third kappa shape index (κ3) is 4.96. The molecule has 21 heavy (non-hydrogen) atoms. The van der Waals surface area contributed by atoms with Crippen LogP contribution in [0.5, 0.6) is 0 Å². The smallest absolute Gasteiger partial charge is 0.225 e. The second-order valence-corrected chi connectivity index (χ2v) is 7.28. The number of carbonyl (C=O) groups is 1. The zero-order chi connectivity index (χ0) is 15.2. The number of rotatable bonds is 4. The molecule has 0 aromatic carbocycles. The van der Waals surface area contributed by atoms with Crippen molar-refractivity contribution < 1.29 is 4.79 Å². The molecule has 0 radical (unpaired) electrons. The maximum absolute atomic E-state index is 12.7. The zero-order valence-corrected chi connectivity index (χ0v) is 13.9. The standard InChI is InChI=1S/C17H33N3O/c1-14-4-6-16(7-5-14)17(21)20-9-3-8-19(10-11-20)13-15(2)12-18/h14-16H,3-13,18H2,1-2H3. The highest BCUT2D eigenvalue weighted by atomic mass is 16.2. The summed E-state index contributed by atoms with van der Waals surface area (Å²) in [5.41, 5.74) is 5.72. The molecule has 4 heteroatoms. The highest BCUT2D eigenvalue weighted by Gasteiger charge is 2.29. The van der Waals surface area contributed by atoms with E-state index < -0.39 is 0 Å². The molecule has 2 fully saturated rings. The average molecular weight is 295 g/mol. The Bertz CT molecular complexity index is 326. The van der Waals surface area contributed by atoms with E-state index in [1.54, 1.807) is 0 Å². The fourth-order valence-corrected chi connectivity index (χ4v) is 3.65. The van der Waals surface area contributed by atoms with E-state index in [0.29, 0.717) is 17.7 Å². The molecule has 1 saturated carbocycles. The van der Waals surface area contributed by atoms with Crippen LogP contribution in [0.4, 0.5) is 0 Å². The van der Waals surface area contributed by atoms with Crippen LogP contribution < -0.4 is 5.73 Å². The predicted octanol–water partition coefficient (Wildman–Crippen LogP) is 1.94. The van der Waals surface area contributed by atoms with E-state index in [1.807, 2.05) is 0 Å². The second kappa shape index (κ2) is 8.14. The lowest BCUT2D eigenvalue weighted by atomic mass is 9.82. The molecule has 2 N–H and O–H groups in total. The summed E-state index contributed by atoms with van der Waals surface area (Å²) in [5.74, 6) is 2.09. The van der Waals surface area contributed by atoms with Crippen molar-refractivity contribution in [1.82, 2.24) is 9.80 Å². The first-order chi connectivity index (χ1) is 10.1. The third-order valence-corrected chi connectivity index (χ3v) is 5.24. The highest BCUT2D eigenvalue weighted by Crippen LogP contribution is 2.29. The Morgan fingerprint density at radius 1 is 1.14 bits per heavy atom. The zero-order valence-electron chi connectivity index (χ0n) is 13.9. The van der Waals surface area contributed by atoms with Crippen LogP contribution >= 0.6 is 0 Å². The lowest BCUT2D eigenvalue weighted by molar-refractivity contribution is -0.136. The van der Waals surface area contributed by atoms with Crippen LogP contribution in [0.15, 0.2) is 0 Å². The summed E-state index contributed by atoms with van der Waals surface area (Å²) < 4.78 is 0. The summed E-state index contributed by atoms with van der Waals surface area (Å²) in [6.07, 6.45) is 5.76. The number of carbonyl (C=O) groups excluding carboxylic acids is 1. The number of hydrogen-bond acceptors (Lipinski definition) is 3. The van der Waals surface area contributed by atoms with Gasteiger partial charge in [-0.1, -0.05) is 13.8 Å². The minimum atomic E-state index is 0.302. The molecule has 122 valence electrons. The molecule has 0 spiro atoms. The van der Waals surface area contributed by atoms with Crippen LogP contribution in [0.1, 0.15) is 46.0 Å². The SMILES string of the molecule is CC1CCC(C(=O)N2CCCN(CC(C)CN)CC2)CC1. The molecule has 0 aromatic heterocycles. The van der Waals surface area contributed by atoms with Crippen LogP contribution in [-0.2, 0) is 4.79 Å². The normalized spacial score (nSPS) is 30.0. The van der Waals surface area contributed by atoms with Crippen molar-refractivity contribution >= 4 is 5.91 Å². The Balaban J connectivity index is 1.80. The first-order valence-corrected chi connectivity index (χ1v) is 8.81. The summed E-state index contributed by atoms with van der Waals surface area (Å²) in [7, 11) is 0. The van der Waals surface area contributed by atoms with E-state index in [1.165, 1.54) is 12.8 Å². The van der Waals surface area contributed by atoms with Crippen molar-refractivity contribution in [2.45, 2.75) is 46.0 Å². The lowest BCUT2D eigenvalue weighted by Gasteiger charge is -2.30. The minimum absolute atomic E-state index is 0.302. The number of hydrogen-bond donors (Lipinski definition) is 1. The molecule has 1 unspecified atom stereocenters. The van der Waals surface area contributed by atoms with Crippen molar-refractivity contribution in [2.75, 3.05) is 39.3 Å². The van der Waals surface area contributed by atoms with Crippen LogP contribution in [0, 0.1) is 17.8 Å². The maximum Gasteiger partial charge on any atom is 0.225 e.